The maximum absolute atomic E-state index is 10.9. The third-order valence-corrected chi connectivity index (χ3v) is 7.66. The zero-order valence-corrected chi connectivity index (χ0v) is 31.7. The molecule has 0 heterocycles. The van der Waals surface area contributed by atoms with Crippen LogP contribution in [0.1, 0.15) is 0 Å². The fourth-order valence-corrected chi connectivity index (χ4v) is 5.44. The van der Waals surface area contributed by atoms with Crippen LogP contribution in [0.3, 0.4) is 0 Å². The van der Waals surface area contributed by atoms with E-state index in [0.717, 1.165) is 0 Å². The van der Waals surface area contributed by atoms with Crippen LogP contribution < -0.4 is 0 Å². The predicted molar refractivity (Wildman–Crippen MR) is 212 cm³/mol. The normalized spacial score (nSPS) is 15.2. The quantitative estimate of drug-likeness (QED) is 0.0546. The van der Waals surface area contributed by atoms with Crippen LogP contribution in [-0.2, 0) is 18.9 Å². The van der Waals surface area contributed by atoms with Crippen molar-refractivity contribution in [1.82, 2.24) is 19.6 Å². The molecule has 0 aliphatic carbocycles. The van der Waals surface area contributed by atoms with Gasteiger partial charge in [0.25, 0.3) is 0 Å². The van der Waals surface area contributed by atoms with E-state index >= 15 is 0 Å². The Balaban J connectivity index is 6.11. The average Bonchev–Trinajstić information content (AvgIpc) is 3.08. The largest absolute Gasteiger partial charge is 0.389 e. The molecular formula is C40H70N4O8. The second-order valence-electron chi connectivity index (χ2n) is 13.0. The average molecular weight is 735 g/mol. The molecule has 0 saturated heterocycles. The Hall–Kier alpha value is -2.56. The van der Waals surface area contributed by atoms with Gasteiger partial charge in [-0.15, -0.1) is 52.6 Å². The lowest BCUT2D eigenvalue weighted by molar-refractivity contribution is -0.177. The fraction of sp³-hybridized carbons (Fsp3) is 0.600. The number of aliphatic hydroxyl groups excluding tert-OH is 4. The summed E-state index contributed by atoms with van der Waals surface area (Å²) in [7, 11) is 0. The van der Waals surface area contributed by atoms with E-state index in [2.05, 4.69) is 52.6 Å². The van der Waals surface area contributed by atoms with Crippen molar-refractivity contribution in [3.8, 4) is 0 Å². The summed E-state index contributed by atoms with van der Waals surface area (Å²) in [4.78, 5) is 7.88. The van der Waals surface area contributed by atoms with Crippen LogP contribution in [-0.4, -0.2) is 189 Å². The number of hydrogen-bond acceptors (Lipinski definition) is 12. The molecule has 52 heavy (non-hydrogen) atoms. The zero-order valence-electron chi connectivity index (χ0n) is 31.7. The van der Waals surface area contributed by atoms with Crippen molar-refractivity contribution in [3.05, 3.63) is 101 Å². The van der Waals surface area contributed by atoms with Gasteiger partial charge in [-0.2, -0.15) is 0 Å². The molecule has 4 atom stereocenters. The highest BCUT2D eigenvalue weighted by Gasteiger charge is 2.35. The second kappa shape index (κ2) is 31.9. The van der Waals surface area contributed by atoms with E-state index in [-0.39, 0.29) is 52.8 Å². The van der Waals surface area contributed by atoms with Gasteiger partial charge in [0, 0.05) is 78.5 Å². The number of hydrogen-bond donors (Lipinski definition) is 4. The topological polar surface area (TPSA) is 131 Å². The highest BCUT2D eigenvalue weighted by Crippen LogP contribution is 2.22. The number of ether oxygens (including phenoxy) is 4. The van der Waals surface area contributed by atoms with Crippen LogP contribution in [0, 0.1) is 5.41 Å². The van der Waals surface area contributed by atoms with Crippen LogP contribution in [0.15, 0.2) is 101 Å². The van der Waals surface area contributed by atoms with E-state index in [4.69, 9.17) is 18.9 Å². The van der Waals surface area contributed by atoms with Gasteiger partial charge in [-0.3, -0.25) is 19.6 Å². The third-order valence-electron chi connectivity index (χ3n) is 7.66. The highest BCUT2D eigenvalue weighted by atomic mass is 16.6. The monoisotopic (exact) mass is 735 g/mol. The lowest BCUT2D eigenvalue weighted by atomic mass is 9.92. The molecule has 0 amide bonds. The second-order valence-corrected chi connectivity index (χ2v) is 13.0. The summed E-state index contributed by atoms with van der Waals surface area (Å²) < 4.78 is 24.3. The Morgan fingerprint density at radius 2 is 0.654 bits per heavy atom. The van der Waals surface area contributed by atoms with Gasteiger partial charge in [0.2, 0.25) is 0 Å². The minimum atomic E-state index is -1.18. The van der Waals surface area contributed by atoms with Crippen LogP contribution in [0.4, 0.5) is 0 Å². The zero-order chi connectivity index (χ0) is 39.0. The van der Waals surface area contributed by atoms with E-state index < -0.39 is 30.0 Å². The Kier molecular flexibility index (Phi) is 30.3. The van der Waals surface area contributed by atoms with Crippen molar-refractivity contribution < 1.29 is 39.4 Å². The molecular weight excluding hydrogens is 664 g/mol. The highest BCUT2D eigenvalue weighted by molar-refractivity contribution is 4.86. The first-order valence-corrected chi connectivity index (χ1v) is 17.9. The molecule has 0 aliphatic heterocycles. The van der Waals surface area contributed by atoms with E-state index in [0.29, 0.717) is 72.0 Å². The standard InChI is InChI=1S/C40H70N4O8/c1-9-17-41(18-10-2)25-36(45)29-49-32-40(35-52-39(48)28-44(23-15-7)24-16-8,33-50-30-37(46)26-42(19-11-3)20-12-4)34-51-31-38(47)27-43(21-13-5)22-14-6/h9-16,36-39,45-48H,1-8,17-35H2. The number of rotatable bonds is 39. The molecule has 0 bridgehead atoms. The molecule has 4 N–H and O–H groups in total. The predicted octanol–water partition coefficient (Wildman–Crippen LogP) is 2.14. The van der Waals surface area contributed by atoms with E-state index in [1.807, 2.05) is 19.6 Å². The van der Waals surface area contributed by atoms with Crippen LogP contribution in [0.25, 0.3) is 0 Å². The van der Waals surface area contributed by atoms with Gasteiger partial charge < -0.3 is 39.4 Å². The van der Waals surface area contributed by atoms with Crippen molar-refractivity contribution in [2.75, 3.05) is 125 Å². The Bertz CT molecular complexity index is 866. The minimum absolute atomic E-state index is 0.00290. The minimum Gasteiger partial charge on any atom is -0.389 e. The van der Waals surface area contributed by atoms with Gasteiger partial charge in [0.15, 0.2) is 6.29 Å². The Morgan fingerprint density at radius 3 is 0.904 bits per heavy atom. The Labute approximate surface area is 314 Å². The molecule has 0 rings (SSSR count). The molecule has 4 unspecified atom stereocenters. The SMILES string of the molecule is C=CCN(CC=C)CC(O)COCC(COCC(O)CN(CC=C)CC=C)(COCC(O)CN(CC=C)CC=C)COC(O)CN(CC=C)CC=C. The van der Waals surface area contributed by atoms with Gasteiger partial charge in [-0.1, -0.05) is 48.6 Å². The number of aliphatic hydroxyl groups is 4. The molecule has 0 spiro atoms. The maximum Gasteiger partial charge on any atom is 0.167 e. The van der Waals surface area contributed by atoms with Crippen LogP contribution in [0.5, 0.6) is 0 Å². The lowest BCUT2D eigenvalue weighted by Gasteiger charge is -2.35. The molecule has 0 aliphatic rings. The summed E-state index contributed by atoms with van der Waals surface area (Å²) in [6.07, 6.45) is 10.4. The van der Waals surface area contributed by atoms with E-state index in [1.54, 1.807) is 48.6 Å². The maximum atomic E-state index is 10.9. The first-order valence-electron chi connectivity index (χ1n) is 17.9. The van der Waals surface area contributed by atoms with Gasteiger partial charge in [0.05, 0.1) is 70.0 Å². The van der Waals surface area contributed by atoms with Crippen molar-refractivity contribution >= 4 is 0 Å². The molecule has 12 nitrogen and oxygen atoms in total. The van der Waals surface area contributed by atoms with Crippen molar-refractivity contribution in [3.63, 3.8) is 0 Å². The molecule has 298 valence electrons. The molecule has 0 fully saturated rings. The molecule has 12 heteroatoms. The molecule has 0 radical (unpaired) electrons. The summed E-state index contributed by atoms with van der Waals surface area (Å²) in [5.41, 5.74) is -1.01. The summed E-state index contributed by atoms with van der Waals surface area (Å²) >= 11 is 0. The first kappa shape index (κ1) is 49.4. The van der Waals surface area contributed by atoms with Crippen LogP contribution in [0.2, 0.25) is 0 Å². The van der Waals surface area contributed by atoms with Crippen molar-refractivity contribution in [2.45, 2.75) is 24.6 Å². The molecule has 0 saturated carbocycles. The van der Waals surface area contributed by atoms with Crippen molar-refractivity contribution in [2.24, 2.45) is 5.41 Å². The number of nitrogens with zero attached hydrogens (tertiary/aromatic N) is 4. The fourth-order valence-electron chi connectivity index (χ4n) is 5.44. The summed E-state index contributed by atoms with van der Waals surface area (Å²) in [5.74, 6) is 0. The van der Waals surface area contributed by atoms with Gasteiger partial charge in [-0.05, 0) is 0 Å². The first-order chi connectivity index (χ1) is 25.0. The van der Waals surface area contributed by atoms with E-state index in [1.165, 1.54) is 0 Å². The summed E-state index contributed by atoms with van der Waals surface area (Å²) in [5, 5.41) is 43.4. The van der Waals surface area contributed by atoms with Crippen LogP contribution >= 0.6 is 0 Å². The van der Waals surface area contributed by atoms with Gasteiger partial charge >= 0.3 is 0 Å². The molecule has 0 aromatic heterocycles. The lowest BCUT2D eigenvalue weighted by Crippen LogP contribution is -2.46. The molecule has 0 aromatic carbocycles. The summed E-state index contributed by atoms with van der Waals surface area (Å²) in [6.45, 7) is 36.0. The molecule has 0 aromatic rings. The van der Waals surface area contributed by atoms with Crippen molar-refractivity contribution in [1.29, 1.82) is 0 Å². The van der Waals surface area contributed by atoms with Gasteiger partial charge in [0.1, 0.15) is 0 Å². The third kappa shape index (κ3) is 24.6. The van der Waals surface area contributed by atoms with Gasteiger partial charge in [-0.25, -0.2) is 0 Å². The summed E-state index contributed by atoms with van der Waals surface area (Å²) in [6, 6.07) is 0. The Morgan fingerprint density at radius 1 is 0.404 bits per heavy atom. The smallest absolute Gasteiger partial charge is 0.167 e. The van der Waals surface area contributed by atoms with E-state index in [9.17, 15) is 20.4 Å².